The Kier molecular flexibility index (Phi) is 5.94. The Morgan fingerprint density at radius 1 is 1.20 bits per heavy atom. The van der Waals surface area contributed by atoms with Crippen LogP contribution in [0.2, 0.25) is 0 Å². The fourth-order valence-electron chi connectivity index (χ4n) is 2.27. The molecular weight excluding hydrogens is 262 g/mol. The summed E-state index contributed by atoms with van der Waals surface area (Å²) in [6, 6.07) is -0.667. The number of carbonyl (C=O) groups excluding carboxylic acids is 1. The summed E-state index contributed by atoms with van der Waals surface area (Å²) in [4.78, 5) is 12.1. The van der Waals surface area contributed by atoms with Gasteiger partial charge in [-0.1, -0.05) is 34.1 Å². The molecule has 1 fully saturated rings. The van der Waals surface area contributed by atoms with Crippen molar-refractivity contribution in [2.45, 2.75) is 71.0 Å². The minimum atomic E-state index is -1.21. The first-order valence-corrected chi connectivity index (χ1v) is 7.15. The SMILES string of the molecule is CCCC1OC(CO)C(O)C(O)C1NC(=O)C(C)(C)C. The average molecular weight is 289 g/mol. The van der Waals surface area contributed by atoms with Crippen LogP contribution in [0.1, 0.15) is 40.5 Å². The maximum absolute atomic E-state index is 12.1. The first-order chi connectivity index (χ1) is 9.22. The Balaban J connectivity index is 2.86. The molecule has 5 atom stereocenters. The van der Waals surface area contributed by atoms with E-state index in [1.165, 1.54) is 0 Å². The number of aliphatic hydroxyl groups excluding tert-OH is 3. The standard InChI is InChI=1S/C14H27NO5/c1-5-6-8-10(15-13(19)14(2,3)4)12(18)11(17)9(7-16)20-8/h8-12,16-18H,5-7H2,1-4H3,(H,15,19). The number of hydrogen-bond donors (Lipinski definition) is 4. The van der Waals surface area contributed by atoms with Gasteiger partial charge in [0.1, 0.15) is 18.3 Å². The third-order valence-corrected chi connectivity index (χ3v) is 3.58. The average Bonchev–Trinajstić information content (AvgIpc) is 2.36. The number of hydrogen-bond acceptors (Lipinski definition) is 5. The van der Waals surface area contributed by atoms with Crippen LogP contribution < -0.4 is 5.32 Å². The molecule has 5 unspecified atom stereocenters. The monoisotopic (exact) mass is 289 g/mol. The molecule has 4 N–H and O–H groups in total. The molecule has 0 aliphatic carbocycles. The van der Waals surface area contributed by atoms with Gasteiger partial charge in [-0.3, -0.25) is 4.79 Å². The highest BCUT2D eigenvalue weighted by Crippen LogP contribution is 2.25. The van der Waals surface area contributed by atoms with Gasteiger partial charge in [-0.25, -0.2) is 0 Å². The third kappa shape index (κ3) is 3.91. The van der Waals surface area contributed by atoms with Gasteiger partial charge in [0.2, 0.25) is 5.91 Å². The zero-order chi connectivity index (χ0) is 15.5. The molecule has 1 saturated heterocycles. The van der Waals surface area contributed by atoms with Crippen molar-refractivity contribution in [3.8, 4) is 0 Å². The van der Waals surface area contributed by atoms with Crippen molar-refractivity contribution < 1.29 is 24.9 Å². The zero-order valence-electron chi connectivity index (χ0n) is 12.7. The summed E-state index contributed by atoms with van der Waals surface area (Å²) in [6.07, 6.45) is -2.14. The van der Waals surface area contributed by atoms with Crippen molar-refractivity contribution in [1.29, 1.82) is 0 Å². The van der Waals surface area contributed by atoms with E-state index in [9.17, 15) is 20.1 Å². The van der Waals surface area contributed by atoms with Crippen LogP contribution in [0.4, 0.5) is 0 Å². The van der Waals surface area contributed by atoms with E-state index in [-0.39, 0.29) is 12.5 Å². The molecular formula is C14H27NO5. The van der Waals surface area contributed by atoms with Crippen LogP contribution in [0.5, 0.6) is 0 Å². The highest BCUT2D eigenvalue weighted by Gasteiger charge is 2.45. The molecule has 1 rings (SSSR count). The van der Waals surface area contributed by atoms with Gasteiger partial charge in [-0.2, -0.15) is 0 Å². The summed E-state index contributed by atoms with van der Waals surface area (Å²) in [5.74, 6) is -0.207. The van der Waals surface area contributed by atoms with E-state index in [1.807, 2.05) is 6.92 Å². The van der Waals surface area contributed by atoms with Crippen LogP contribution in [0.15, 0.2) is 0 Å². The van der Waals surface area contributed by atoms with Crippen molar-refractivity contribution in [3.05, 3.63) is 0 Å². The molecule has 1 amide bonds. The van der Waals surface area contributed by atoms with Gasteiger partial charge in [0.25, 0.3) is 0 Å². The molecule has 6 nitrogen and oxygen atoms in total. The van der Waals surface area contributed by atoms with E-state index in [1.54, 1.807) is 20.8 Å². The topological polar surface area (TPSA) is 99.0 Å². The van der Waals surface area contributed by atoms with Crippen molar-refractivity contribution in [1.82, 2.24) is 5.32 Å². The van der Waals surface area contributed by atoms with E-state index in [2.05, 4.69) is 5.32 Å². The molecule has 0 aromatic rings. The summed E-state index contributed by atoms with van der Waals surface area (Å²) in [5.41, 5.74) is -0.588. The Morgan fingerprint density at radius 3 is 2.25 bits per heavy atom. The summed E-state index contributed by atoms with van der Waals surface area (Å²) in [6.45, 7) is 6.94. The highest BCUT2D eigenvalue weighted by atomic mass is 16.5. The number of aliphatic hydroxyl groups is 3. The van der Waals surface area contributed by atoms with Gasteiger partial charge in [0.05, 0.1) is 18.8 Å². The number of amides is 1. The Hall–Kier alpha value is -0.690. The summed E-state index contributed by atoms with van der Waals surface area (Å²) >= 11 is 0. The van der Waals surface area contributed by atoms with Crippen molar-refractivity contribution in [2.75, 3.05) is 6.61 Å². The number of ether oxygens (including phenoxy) is 1. The number of rotatable bonds is 4. The molecule has 1 heterocycles. The van der Waals surface area contributed by atoms with Gasteiger partial charge in [-0.05, 0) is 6.42 Å². The Bertz CT molecular complexity index is 328. The largest absolute Gasteiger partial charge is 0.394 e. The minimum Gasteiger partial charge on any atom is -0.394 e. The van der Waals surface area contributed by atoms with E-state index < -0.39 is 35.9 Å². The lowest BCUT2D eigenvalue weighted by atomic mass is 9.88. The van der Waals surface area contributed by atoms with Gasteiger partial charge in [0.15, 0.2) is 0 Å². The quantitative estimate of drug-likeness (QED) is 0.574. The minimum absolute atomic E-state index is 0.207. The fourth-order valence-corrected chi connectivity index (χ4v) is 2.27. The smallest absolute Gasteiger partial charge is 0.225 e. The Labute approximate surface area is 120 Å². The predicted octanol–water partition coefficient (Wildman–Crippen LogP) is -0.201. The molecule has 1 aliphatic heterocycles. The third-order valence-electron chi connectivity index (χ3n) is 3.58. The highest BCUT2D eigenvalue weighted by molar-refractivity contribution is 5.81. The van der Waals surface area contributed by atoms with Crippen LogP contribution >= 0.6 is 0 Å². The van der Waals surface area contributed by atoms with Gasteiger partial charge >= 0.3 is 0 Å². The molecule has 6 heteroatoms. The van der Waals surface area contributed by atoms with E-state index in [0.29, 0.717) is 6.42 Å². The summed E-state index contributed by atoms with van der Waals surface area (Å²) in [7, 11) is 0. The molecule has 0 bridgehead atoms. The molecule has 20 heavy (non-hydrogen) atoms. The second-order valence-electron chi connectivity index (χ2n) is 6.41. The summed E-state index contributed by atoms with van der Waals surface area (Å²) < 4.78 is 5.61. The van der Waals surface area contributed by atoms with Gasteiger partial charge < -0.3 is 25.4 Å². The first kappa shape index (κ1) is 17.4. The van der Waals surface area contributed by atoms with Crippen LogP contribution in [0.25, 0.3) is 0 Å². The van der Waals surface area contributed by atoms with Crippen molar-refractivity contribution in [2.24, 2.45) is 5.41 Å². The lowest BCUT2D eigenvalue weighted by Gasteiger charge is -2.43. The first-order valence-electron chi connectivity index (χ1n) is 7.15. The maximum atomic E-state index is 12.1. The van der Waals surface area contributed by atoms with Gasteiger partial charge in [0, 0.05) is 5.41 Å². The van der Waals surface area contributed by atoms with Crippen LogP contribution in [-0.2, 0) is 9.53 Å². The second kappa shape index (κ2) is 6.85. The molecule has 0 aromatic heterocycles. The molecule has 0 spiro atoms. The molecule has 0 radical (unpaired) electrons. The lowest BCUT2D eigenvalue weighted by Crippen LogP contribution is -2.64. The summed E-state index contributed by atoms with van der Waals surface area (Å²) in [5, 5.41) is 32.1. The van der Waals surface area contributed by atoms with Gasteiger partial charge in [-0.15, -0.1) is 0 Å². The molecule has 118 valence electrons. The maximum Gasteiger partial charge on any atom is 0.225 e. The molecule has 1 aliphatic rings. The molecule has 0 saturated carbocycles. The predicted molar refractivity (Wildman–Crippen MR) is 74.1 cm³/mol. The van der Waals surface area contributed by atoms with Crippen LogP contribution in [-0.4, -0.2) is 58.3 Å². The number of nitrogens with one attached hydrogen (secondary N) is 1. The zero-order valence-corrected chi connectivity index (χ0v) is 12.7. The fraction of sp³-hybridized carbons (Fsp3) is 0.929. The van der Waals surface area contributed by atoms with Crippen LogP contribution in [0.3, 0.4) is 0 Å². The van der Waals surface area contributed by atoms with E-state index in [0.717, 1.165) is 6.42 Å². The van der Waals surface area contributed by atoms with Crippen LogP contribution in [0, 0.1) is 5.41 Å². The normalized spacial score (nSPS) is 34.9. The van der Waals surface area contributed by atoms with E-state index in [4.69, 9.17) is 4.74 Å². The lowest BCUT2D eigenvalue weighted by molar-refractivity contribution is -0.197. The van der Waals surface area contributed by atoms with Crippen molar-refractivity contribution in [3.63, 3.8) is 0 Å². The molecule has 0 aromatic carbocycles. The van der Waals surface area contributed by atoms with E-state index >= 15 is 0 Å². The second-order valence-corrected chi connectivity index (χ2v) is 6.41. The Morgan fingerprint density at radius 2 is 1.80 bits per heavy atom. The number of carbonyl (C=O) groups is 1. The van der Waals surface area contributed by atoms with Crippen molar-refractivity contribution >= 4 is 5.91 Å².